The molecule has 1 aliphatic rings. The first-order valence-corrected chi connectivity index (χ1v) is 10.9. The zero-order valence-corrected chi connectivity index (χ0v) is 18.2. The zero-order chi connectivity index (χ0) is 19.7. The molecule has 0 bridgehead atoms. The van der Waals surface area contributed by atoms with Gasteiger partial charge in [-0.1, -0.05) is 0 Å². The number of carbonyl (C=O) groups is 2. The van der Waals surface area contributed by atoms with Crippen LogP contribution in [-0.2, 0) is 0 Å². The largest absolute Gasteiger partial charge is 0.338 e. The number of amides is 2. The molecule has 0 aromatic carbocycles. The molecule has 6 nitrogen and oxygen atoms in total. The lowest BCUT2D eigenvalue weighted by Crippen LogP contribution is -2.38. The fourth-order valence-corrected chi connectivity index (χ4v) is 5.39. The van der Waals surface area contributed by atoms with E-state index < -0.39 is 0 Å². The Kier molecular flexibility index (Phi) is 5.95. The molecule has 0 aliphatic carbocycles. The van der Waals surface area contributed by atoms with Gasteiger partial charge in [0.05, 0.1) is 21.4 Å². The molecule has 27 heavy (non-hydrogen) atoms. The van der Waals surface area contributed by atoms with Crippen LogP contribution in [0.4, 0.5) is 0 Å². The van der Waals surface area contributed by atoms with Crippen molar-refractivity contribution in [2.45, 2.75) is 53.0 Å². The quantitative estimate of drug-likeness (QED) is 0.781. The van der Waals surface area contributed by atoms with Crippen LogP contribution >= 0.6 is 22.7 Å². The van der Waals surface area contributed by atoms with Crippen molar-refractivity contribution in [1.29, 1.82) is 0 Å². The van der Waals surface area contributed by atoms with Crippen molar-refractivity contribution in [3.63, 3.8) is 0 Å². The SMILES string of the molecule is Cc1nc(C)c(C(=O)N2CCCC(N(C)C(=O)c3sc(C)nc3C)CC2)s1. The second-order valence-corrected chi connectivity index (χ2v) is 9.49. The van der Waals surface area contributed by atoms with Gasteiger partial charge in [0.15, 0.2) is 0 Å². The maximum Gasteiger partial charge on any atom is 0.265 e. The van der Waals surface area contributed by atoms with Gasteiger partial charge < -0.3 is 9.80 Å². The maximum atomic E-state index is 12.9. The lowest BCUT2D eigenvalue weighted by Gasteiger charge is -2.27. The van der Waals surface area contributed by atoms with E-state index in [0.29, 0.717) is 6.54 Å². The van der Waals surface area contributed by atoms with Gasteiger partial charge in [-0.05, 0) is 47.0 Å². The average molecular weight is 407 g/mol. The summed E-state index contributed by atoms with van der Waals surface area (Å²) in [6.07, 6.45) is 2.59. The number of thiazole rings is 2. The summed E-state index contributed by atoms with van der Waals surface area (Å²) in [6.45, 7) is 9.02. The van der Waals surface area contributed by atoms with Crippen molar-refractivity contribution in [3.05, 3.63) is 31.2 Å². The second-order valence-electron chi connectivity index (χ2n) is 7.09. The highest BCUT2D eigenvalue weighted by atomic mass is 32.1. The highest BCUT2D eigenvalue weighted by Crippen LogP contribution is 2.25. The number of likely N-dealkylation sites (tertiary alicyclic amines) is 1. The molecule has 1 atom stereocenters. The van der Waals surface area contributed by atoms with Gasteiger partial charge in [0.2, 0.25) is 0 Å². The molecule has 3 rings (SSSR count). The second kappa shape index (κ2) is 8.06. The molecule has 3 heterocycles. The van der Waals surface area contributed by atoms with Gasteiger partial charge in [-0.3, -0.25) is 9.59 Å². The van der Waals surface area contributed by atoms with E-state index in [-0.39, 0.29) is 17.9 Å². The number of aromatic nitrogens is 2. The standard InChI is InChI=1S/C19H26N4O2S2/c1-11-16(26-13(3)20-11)18(24)22(5)15-7-6-9-23(10-8-15)19(25)17-12(2)21-14(4)27-17/h15H,6-10H2,1-5H3. The normalized spacial score (nSPS) is 17.7. The van der Waals surface area contributed by atoms with Gasteiger partial charge in [0.1, 0.15) is 9.75 Å². The van der Waals surface area contributed by atoms with E-state index in [4.69, 9.17) is 0 Å². The van der Waals surface area contributed by atoms with Crippen LogP contribution in [-0.4, -0.2) is 57.8 Å². The van der Waals surface area contributed by atoms with Gasteiger partial charge in [0, 0.05) is 26.2 Å². The van der Waals surface area contributed by atoms with Gasteiger partial charge in [-0.25, -0.2) is 9.97 Å². The first-order chi connectivity index (χ1) is 12.8. The van der Waals surface area contributed by atoms with Gasteiger partial charge in [-0.15, -0.1) is 22.7 Å². The topological polar surface area (TPSA) is 66.4 Å². The van der Waals surface area contributed by atoms with Gasteiger partial charge in [0.25, 0.3) is 11.8 Å². The first-order valence-electron chi connectivity index (χ1n) is 9.22. The summed E-state index contributed by atoms with van der Waals surface area (Å²) >= 11 is 2.92. The predicted octanol–water partition coefficient (Wildman–Crippen LogP) is 3.60. The Hall–Kier alpha value is -1.80. The van der Waals surface area contributed by atoms with Crippen LogP contribution in [0.3, 0.4) is 0 Å². The highest BCUT2D eigenvalue weighted by Gasteiger charge is 2.29. The zero-order valence-electron chi connectivity index (χ0n) is 16.5. The van der Waals surface area contributed by atoms with E-state index in [9.17, 15) is 9.59 Å². The van der Waals surface area contributed by atoms with Crippen LogP contribution < -0.4 is 0 Å². The minimum atomic E-state index is 0.0387. The van der Waals surface area contributed by atoms with E-state index in [2.05, 4.69) is 9.97 Å². The summed E-state index contributed by atoms with van der Waals surface area (Å²) in [7, 11) is 1.87. The number of aryl methyl sites for hydroxylation is 4. The van der Waals surface area contributed by atoms with E-state index in [1.165, 1.54) is 22.7 Å². The Morgan fingerprint density at radius 3 is 2.11 bits per heavy atom. The van der Waals surface area contributed by atoms with Crippen molar-refractivity contribution in [2.24, 2.45) is 0 Å². The maximum absolute atomic E-state index is 12.9. The molecule has 146 valence electrons. The smallest absolute Gasteiger partial charge is 0.265 e. The van der Waals surface area contributed by atoms with E-state index >= 15 is 0 Å². The van der Waals surface area contributed by atoms with Gasteiger partial charge >= 0.3 is 0 Å². The molecule has 0 N–H and O–H groups in total. The van der Waals surface area contributed by atoms with Crippen LogP contribution in [0, 0.1) is 27.7 Å². The molecule has 2 amide bonds. The molecule has 0 radical (unpaired) electrons. The van der Waals surface area contributed by atoms with Crippen molar-refractivity contribution in [2.75, 3.05) is 20.1 Å². The van der Waals surface area contributed by atoms with E-state index in [1.54, 1.807) is 0 Å². The summed E-state index contributed by atoms with van der Waals surface area (Å²) < 4.78 is 0. The molecular weight excluding hydrogens is 380 g/mol. The Bertz CT molecular complexity index is 858. The molecule has 1 aliphatic heterocycles. The van der Waals surface area contributed by atoms with Crippen LogP contribution in [0.5, 0.6) is 0 Å². The molecule has 2 aromatic heterocycles. The van der Waals surface area contributed by atoms with Crippen molar-refractivity contribution in [3.8, 4) is 0 Å². The third-order valence-corrected chi connectivity index (χ3v) is 7.17. The summed E-state index contributed by atoms with van der Waals surface area (Å²) in [4.78, 5) is 39.7. The Balaban J connectivity index is 1.67. The van der Waals surface area contributed by atoms with Crippen LogP contribution in [0.2, 0.25) is 0 Å². The van der Waals surface area contributed by atoms with E-state index in [1.807, 2.05) is 44.5 Å². The van der Waals surface area contributed by atoms with Crippen LogP contribution in [0.25, 0.3) is 0 Å². The Morgan fingerprint density at radius 1 is 0.963 bits per heavy atom. The Morgan fingerprint density at radius 2 is 1.56 bits per heavy atom. The summed E-state index contributed by atoms with van der Waals surface area (Å²) in [6, 6.07) is 0.140. The molecule has 8 heteroatoms. The highest BCUT2D eigenvalue weighted by molar-refractivity contribution is 7.14. The number of carbonyl (C=O) groups excluding carboxylic acids is 2. The van der Waals surface area contributed by atoms with Crippen molar-refractivity contribution < 1.29 is 9.59 Å². The van der Waals surface area contributed by atoms with Crippen molar-refractivity contribution in [1.82, 2.24) is 19.8 Å². The lowest BCUT2D eigenvalue weighted by atomic mass is 10.1. The van der Waals surface area contributed by atoms with Crippen LogP contribution in [0.1, 0.15) is 60.0 Å². The molecule has 2 aromatic rings. The molecule has 0 spiro atoms. The summed E-state index contributed by atoms with van der Waals surface area (Å²) in [5.74, 6) is 0.110. The van der Waals surface area contributed by atoms with Crippen LogP contribution in [0.15, 0.2) is 0 Å². The monoisotopic (exact) mass is 406 g/mol. The Labute approximate surface area is 168 Å². The molecule has 1 unspecified atom stereocenters. The lowest BCUT2D eigenvalue weighted by molar-refractivity contribution is 0.0714. The third-order valence-electron chi connectivity index (χ3n) is 5.05. The molecule has 0 saturated carbocycles. The average Bonchev–Trinajstić information content (AvgIpc) is 3.02. The summed E-state index contributed by atoms with van der Waals surface area (Å²) in [5, 5.41) is 1.83. The fourth-order valence-electron chi connectivity index (χ4n) is 3.60. The minimum absolute atomic E-state index is 0.0387. The minimum Gasteiger partial charge on any atom is -0.338 e. The van der Waals surface area contributed by atoms with E-state index in [0.717, 1.165) is 57.0 Å². The number of hydrogen-bond donors (Lipinski definition) is 0. The summed E-state index contributed by atoms with van der Waals surface area (Å²) in [5.41, 5.74) is 1.61. The number of hydrogen-bond acceptors (Lipinski definition) is 6. The number of nitrogens with zero attached hydrogens (tertiary/aromatic N) is 4. The predicted molar refractivity (Wildman–Crippen MR) is 109 cm³/mol. The molecular formula is C19H26N4O2S2. The third kappa shape index (κ3) is 4.21. The molecule has 1 saturated heterocycles. The number of rotatable bonds is 3. The first kappa shape index (κ1) is 19.9. The van der Waals surface area contributed by atoms with Crippen molar-refractivity contribution >= 4 is 34.5 Å². The fraction of sp³-hybridized carbons (Fsp3) is 0.579. The van der Waals surface area contributed by atoms with Gasteiger partial charge in [-0.2, -0.15) is 0 Å². The molecule has 1 fully saturated rings.